The molecule has 1 amide bonds. The lowest BCUT2D eigenvalue weighted by atomic mass is 10.1. The van der Waals surface area contributed by atoms with Gasteiger partial charge in [-0.2, -0.15) is 0 Å². The van der Waals surface area contributed by atoms with Crippen LogP contribution in [0.4, 0.5) is 5.69 Å². The van der Waals surface area contributed by atoms with Crippen molar-refractivity contribution in [1.29, 1.82) is 0 Å². The van der Waals surface area contributed by atoms with E-state index in [-0.39, 0.29) is 12.5 Å². The van der Waals surface area contributed by atoms with Gasteiger partial charge in [0, 0.05) is 5.69 Å². The van der Waals surface area contributed by atoms with Crippen LogP contribution in [0.2, 0.25) is 0 Å². The van der Waals surface area contributed by atoms with Gasteiger partial charge in [-0.05, 0) is 44.0 Å². The van der Waals surface area contributed by atoms with Crippen LogP contribution in [-0.4, -0.2) is 25.6 Å². The summed E-state index contributed by atoms with van der Waals surface area (Å²) >= 11 is 0. The Morgan fingerprint density at radius 2 is 1.89 bits per heavy atom. The number of ether oxygens (including phenoxy) is 2. The van der Waals surface area contributed by atoms with E-state index >= 15 is 0 Å². The van der Waals surface area contributed by atoms with Gasteiger partial charge in [-0.15, -0.1) is 0 Å². The van der Waals surface area contributed by atoms with Crippen LogP contribution in [0.5, 0.6) is 5.75 Å². The van der Waals surface area contributed by atoms with E-state index in [2.05, 4.69) is 5.32 Å². The number of carbonyl (C=O) groups excluding carboxylic acids is 2. The molecule has 1 aromatic rings. The third kappa shape index (κ3) is 2.70. The monoisotopic (exact) mass is 263 g/mol. The number of rotatable bonds is 5. The van der Waals surface area contributed by atoms with Gasteiger partial charge in [0.1, 0.15) is 11.2 Å². The first-order chi connectivity index (χ1) is 9.12. The highest BCUT2D eigenvalue weighted by atomic mass is 16.5. The summed E-state index contributed by atoms with van der Waals surface area (Å²) in [6, 6.07) is 6.97. The van der Waals surface area contributed by atoms with Gasteiger partial charge in [-0.1, -0.05) is 0 Å². The van der Waals surface area contributed by atoms with E-state index in [1.807, 2.05) is 0 Å². The second-order valence-corrected chi connectivity index (χ2v) is 4.49. The van der Waals surface area contributed by atoms with E-state index in [0.717, 1.165) is 0 Å². The van der Waals surface area contributed by atoms with Crippen molar-refractivity contribution >= 4 is 17.6 Å². The van der Waals surface area contributed by atoms with Gasteiger partial charge >= 0.3 is 5.97 Å². The van der Waals surface area contributed by atoms with Crippen molar-refractivity contribution < 1.29 is 19.1 Å². The molecule has 1 fully saturated rings. The summed E-state index contributed by atoms with van der Waals surface area (Å²) < 4.78 is 9.98. The molecule has 1 aliphatic carbocycles. The van der Waals surface area contributed by atoms with Crippen molar-refractivity contribution in [3.63, 3.8) is 0 Å². The van der Waals surface area contributed by atoms with E-state index in [1.165, 1.54) is 0 Å². The average Bonchev–Trinajstić information content (AvgIpc) is 3.21. The molecular weight excluding hydrogens is 246 g/mol. The van der Waals surface area contributed by atoms with Crippen LogP contribution in [0.25, 0.3) is 0 Å². The first kappa shape index (κ1) is 13.4. The number of nitrogens with one attached hydrogen (secondary N) is 1. The molecule has 0 aromatic heterocycles. The van der Waals surface area contributed by atoms with Crippen molar-refractivity contribution in [3.8, 4) is 5.75 Å². The molecule has 0 atom stereocenters. The van der Waals surface area contributed by atoms with E-state index in [9.17, 15) is 9.59 Å². The number of benzene rings is 1. The summed E-state index contributed by atoms with van der Waals surface area (Å²) in [6.07, 6.45) is 1.10. The van der Waals surface area contributed by atoms with Gasteiger partial charge in [-0.3, -0.25) is 9.59 Å². The van der Waals surface area contributed by atoms with E-state index in [0.29, 0.717) is 24.3 Å². The minimum absolute atomic E-state index is 0.288. The smallest absolute Gasteiger partial charge is 0.321 e. The van der Waals surface area contributed by atoms with Gasteiger partial charge in [0.05, 0.1) is 13.7 Å². The van der Waals surface area contributed by atoms with E-state index in [1.54, 1.807) is 38.3 Å². The molecule has 1 aromatic carbocycles. The number of hydrogen-bond donors (Lipinski definition) is 1. The SMILES string of the molecule is CCOC(=O)C1(C(=O)Nc2ccc(OC)cc2)CC1. The lowest BCUT2D eigenvalue weighted by Gasteiger charge is -2.14. The maximum atomic E-state index is 12.1. The molecule has 0 heterocycles. The minimum atomic E-state index is -0.976. The number of amides is 1. The molecule has 0 unspecified atom stereocenters. The fourth-order valence-corrected chi connectivity index (χ4v) is 1.84. The lowest BCUT2D eigenvalue weighted by molar-refractivity contribution is -0.152. The zero-order valence-corrected chi connectivity index (χ0v) is 11.1. The minimum Gasteiger partial charge on any atom is -0.497 e. The summed E-state index contributed by atoms with van der Waals surface area (Å²) in [7, 11) is 1.58. The standard InChI is InChI=1S/C14H17NO4/c1-3-19-13(17)14(8-9-14)12(16)15-10-4-6-11(18-2)7-5-10/h4-7H,3,8-9H2,1-2H3,(H,15,16). The number of carbonyl (C=O) groups is 2. The predicted octanol–water partition coefficient (Wildman–Crippen LogP) is 1.98. The summed E-state index contributed by atoms with van der Waals surface area (Å²) in [5.41, 5.74) is -0.336. The van der Waals surface area contributed by atoms with Gasteiger partial charge in [0.15, 0.2) is 0 Å². The Morgan fingerprint density at radius 3 is 2.37 bits per heavy atom. The van der Waals surface area contributed by atoms with Gasteiger partial charge in [0.2, 0.25) is 5.91 Å². The molecule has 0 spiro atoms. The Balaban J connectivity index is 2.02. The molecule has 0 bridgehead atoms. The van der Waals surface area contributed by atoms with Crippen molar-refractivity contribution in [2.45, 2.75) is 19.8 Å². The summed E-state index contributed by atoms with van der Waals surface area (Å²) in [5.74, 6) is -0.0124. The van der Waals surface area contributed by atoms with E-state index in [4.69, 9.17) is 9.47 Å². The average molecular weight is 263 g/mol. The van der Waals surface area contributed by atoms with Gasteiger partial charge in [0.25, 0.3) is 0 Å². The second-order valence-electron chi connectivity index (χ2n) is 4.49. The maximum Gasteiger partial charge on any atom is 0.321 e. The molecular formula is C14H17NO4. The van der Waals surface area contributed by atoms with Crippen LogP contribution in [-0.2, 0) is 14.3 Å². The Hall–Kier alpha value is -2.04. The highest BCUT2D eigenvalue weighted by Crippen LogP contribution is 2.47. The van der Waals surface area contributed by atoms with Crippen LogP contribution in [0.3, 0.4) is 0 Å². The van der Waals surface area contributed by atoms with Crippen LogP contribution >= 0.6 is 0 Å². The summed E-state index contributed by atoms with van der Waals surface area (Å²) in [5, 5.41) is 2.74. The topological polar surface area (TPSA) is 64.6 Å². The van der Waals surface area contributed by atoms with Crippen molar-refractivity contribution in [3.05, 3.63) is 24.3 Å². The van der Waals surface area contributed by atoms with Crippen molar-refractivity contribution in [2.24, 2.45) is 5.41 Å². The van der Waals surface area contributed by atoms with E-state index < -0.39 is 11.4 Å². The Morgan fingerprint density at radius 1 is 1.26 bits per heavy atom. The third-order valence-corrected chi connectivity index (χ3v) is 3.20. The Kier molecular flexibility index (Phi) is 3.74. The second kappa shape index (κ2) is 5.30. The fraction of sp³-hybridized carbons (Fsp3) is 0.429. The highest BCUT2D eigenvalue weighted by molar-refractivity contribution is 6.11. The molecule has 1 N–H and O–H groups in total. The van der Waals surface area contributed by atoms with Crippen LogP contribution < -0.4 is 10.1 Å². The first-order valence-electron chi connectivity index (χ1n) is 6.25. The fourth-order valence-electron chi connectivity index (χ4n) is 1.84. The molecule has 5 heteroatoms. The predicted molar refractivity (Wildman–Crippen MR) is 69.9 cm³/mol. The van der Waals surface area contributed by atoms with Crippen molar-refractivity contribution in [2.75, 3.05) is 19.0 Å². The number of esters is 1. The number of anilines is 1. The molecule has 0 aliphatic heterocycles. The van der Waals surface area contributed by atoms with Crippen LogP contribution in [0.1, 0.15) is 19.8 Å². The molecule has 0 saturated heterocycles. The zero-order valence-electron chi connectivity index (χ0n) is 11.1. The van der Waals surface area contributed by atoms with Crippen LogP contribution in [0.15, 0.2) is 24.3 Å². The largest absolute Gasteiger partial charge is 0.497 e. The molecule has 0 radical (unpaired) electrons. The summed E-state index contributed by atoms with van der Waals surface area (Å²) in [6.45, 7) is 2.02. The number of hydrogen-bond acceptors (Lipinski definition) is 4. The Labute approximate surface area is 111 Å². The maximum absolute atomic E-state index is 12.1. The zero-order chi connectivity index (χ0) is 13.9. The molecule has 5 nitrogen and oxygen atoms in total. The molecule has 1 saturated carbocycles. The van der Waals surface area contributed by atoms with Crippen LogP contribution in [0, 0.1) is 5.41 Å². The molecule has 19 heavy (non-hydrogen) atoms. The lowest BCUT2D eigenvalue weighted by Crippen LogP contribution is -2.32. The molecule has 2 rings (SSSR count). The van der Waals surface area contributed by atoms with Crippen molar-refractivity contribution in [1.82, 2.24) is 0 Å². The number of methoxy groups -OCH3 is 1. The quantitative estimate of drug-likeness (QED) is 0.651. The Bertz CT molecular complexity index is 477. The molecule has 102 valence electrons. The first-order valence-corrected chi connectivity index (χ1v) is 6.25. The third-order valence-electron chi connectivity index (χ3n) is 3.20. The molecule has 1 aliphatic rings. The highest BCUT2D eigenvalue weighted by Gasteiger charge is 2.58. The normalized spacial score (nSPS) is 15.5. The van der Waals surface area contributed by atoms with Gasteiger partial charge < -0.3 is 14.8 Å². The van der Waals surface area contributed by atoms with Gasteiger partial charge in [-0.25, -0.2) is 0 Å². The summed E-state index contributed by atoms with van der Waals surface area (Å²) in [4.78, 5) is 23.9.